The van der Waals surface area contributed by atoms with Crippen LogP contribution in [-0.4, -0.2) is 30.7 Å². The van der Waals surface area contributed by atoms with Gasteiger partial charge in [-0.2, -0.15) is 0 Å². The quantitative estimate of drug-likeness (QED) is 0.650. The van der Waals surface area contributed by atoms with Crippen molar-refractivity contribution in [3.63, 3.8) is 0 Å². The van der Waals surface area contributed by atoms with Gasteiger partial charge in [0, 0.05) is 6.54 Å². The number of nitrogens with zero attached hydrogens (tertiary/aromatic N) is 1. The van der Waals surface area contributed by atoms with E-state index in [4.69, 9.17) is 4.74 Å². The molecule has 2 aliphatic rings. The number of allylic oxidation sites excluding steroid dienone is 1. The third kappa shape index (κ3) is 3.06. The summed E-state index contributed by atoms with van der Waals surface area (Å²) in [6.45, 7) is 1.89. The van der Waals surface area contributed by atoms with E-state index in [-0.39, 0.29) is 5.91 Å². The van der Waals surface area contributed by atoms with Crippen molar-refractivity contribution in [2.75, 3.05) is 19.9 Å². The fourth-order valence-corrected chi connectivity index (χ4v) is 2.24. The lowest BCUT2D eigenvalue weighted by Gasteiger charge is -2.18. The highest BCUT2D eigenvalue weighted by Crippen LogP contribution is 2.24. The molecule has 1 aliphatic carbocycles. The van der Waals surface area contributed by atoms with Gasteiger partial charge in [-0.05, 0) is 24.8 Å². The number of rotatable bonds is 2. The Morgan fingerprint density at radius 1 is 1.27 bits per heavy atom. The number of carbonyl (C=O) groups excluding carboxylic acids is 1. The summed E-state index contributed by atoms with van der Waals surface area (Å²) in [6, 6.07) is 0. The molecule has 15 heavy (non-hydrogen) atoms. The predicted octanol–water partition coefficient (Wildman–Crippen LogP) is 1.94. The van der Waals surface area contributed by atoms with Crippen LogP contribution in [0.15, 0.2) is 12.2 Å². The lowest BCUT2D eigenvalue weighted by atomic mass is 9.89. The van der Waals surface area contributed by atoms with Crippen LogP contribution in [0.3, 0.4) is 0 Å². The predicted molar refractivity (Wildman–Crippen MR) is 58.2 cm³/mol. The van der Waals surface area contributed by atoms with Gasteiger partial charge in [0.25, 0.3) is 0 Å². The second kappa shape index (κ2) is 5.31. The Morgan fingerprint density at radius 3 is 2.73 bits per heavy atom. The van der Waals surface area contributed by atoms with Crippen LogP contribution in [-0.2, 0) is 9.53 Å². The molecule has 0 bridgehead atoms. The largest absolute Gasteiger partial charge is 0.359 e. The van der Waals surface area contributed by atoms with E-state index in [1.165, 1.54) is 32.1 Å². The molecule has 0 N–H and O–H groups in total. The molecule has 1 saturated heterocycles. The Morgan fingerprint density at radius 2 is 2.07 bits per heavy atom. The molecule has 3 nitrogen and oxygen atoms in total. The normalized spacial score (nSPS) is 23.9. The Kier molecular flexibility index (Phi) is 3.78. The molecule has 1 amide bonds. The van der Waals surface area contributed by atoms with Gasteiger partial charge in [-0.3, -0.25) is 4.79 Å². The Balaban J connectivity index is 1.78. The third-order valence-corrected chi connectivity index (χ3v) is 3.23. The molecule has 0 aromatic rings. The smallest absolute Gasteiger partial charge is 0.248 e. The first kappa shape index (κ1) is 10.7. The summed E-state index contributed by atoms with van der Waals surface area (Å²) in [4.78, 5) is 13.4. The zero-order valence-corrected chi connectivity index (χ0v) is 9.15. The van der Waals surface area contributed by atoms with Gasteiger partial charge >= 0.3 is 0 Å². The number of amides is 1. The number of hydrogen-bond donors (Lipinski definition) is 0. The molecule has 1 aliphatic heterocycles. The molecule has 0 spiro atoms. The van der Waals surface area contributed by atoms with E-state index in [0.29, 0.717) is 19.3 Å². The van der Waals surface area contributed by atoms with Crippen molar-refractivity contribution in [1.82, 2.24) is 4.90 Å². The zero-order valence-electron chi connectivity index (χ0n) is 9.15. The number of carbonyl (C=O) groups is 1. The van der Waals surface area contributed by atoms with E-state index in [0.717, 1.165) is 6.54 Å². The average molecular weight is 209 g/mol. The van der Waals surface area contributed by atoms with E-state index >= 15 is 0 Å². The summed E-state index contributed by atoms with van der Waals surface area (Å²) >= 11 is 0. The van der Waals surface area contributed by atoms with Crippen molar-refractivity contribution in [2.24, 2.45) is 5.92 Å². The molecular formula is C12H19NO2. The molecule has 0 atom stereocenters. The lowest BCUT2D eigenvalue weighted by molar-refractivity contribution is -0.126. The fourth-order valence-electron chi connectivity index (χ4n) is 2.24. The van der Waals surface area contributed by atoms with E-state index < -0.39 is 0 Å². The van der Waals surface area contributed by atoms with Crippen molar-refractivity contribution in [3.8, 4) is 0 Å². The average Bonchev–Trinajstić information content (AvgIpc) is 2.81. The molecule has 1 saturated carbocycles. The first-order valence-electron chi connectivity index (χ1n) is 5.91. The number of ether oxygens (including phenoxy) is 1. The summed E-state index contributed by atoms with van der Waals surface area (Å²) in [5.41, 5.74) is 0. The Labute approximate surface area is 91.1 Å². The van der Waals surface area contributed by atoms with Gasteiger partial charge in [-0.15, -0.1) is 0 Å². The van der Waals surface area contributed by atoms with Crippen LogP contribution in [0, 0.1) is 5.92 Å². The Bertz CT molecular complexity index is 238. The molecule has 3 heteroatoms. The van der Waals surface area contributed by atoms with Gasteiger partial charge in [0.2, 0.25) is 5.91 Å². The van der Waals surface area contributed by atoms with Crippen molar-refractivity contribution in [3.05, 3.63) is 12.2 Å². The van der Waals surface area contributed by atoms with Gasteiger partial charge in [-0.1, -0.05) is 25.3 Å². The molecule has 1 heterocycles. The van der Waals surface area contributed by atoms with E-state index in [9.17, 15) is 4.79 Å². The van der Waals surface area contributed by atoms with Crippen LogP contribution in [0.1, 0.15) is 32.1 Å². The summed E-state index contributed by atoms with van der Waals surface area (Å²) in [7, 11) is 0. The molecule has 0 radical (unpaired) electrons. The highest BCUT2D eigenvalue weighted by atomic mass is 16.5. The summed E-state index contributed by atoms with van der Waals surface area (Å²) in [6.07, 6.45) is 10.3. The number of hydrogen-bond acceptors (Lipinski definition) is 2. The van der Waals surface area contributed by atoms with Gasteiger partial charge in [0.15, 0.2) is 0 Å². The molecule has 2 fully saturated rings. The minimum Gasteiger partial charge on any atom is -0.359 e. The van der Waals surface area contributed by atoms with Crippen molar-refractivity contribution < 1.29 is 9.53 Å². The maximum absolute atomic E-state index is 11.6. The van der Waals surface area contributed by atoms with Gasteiger partial charge < -0.3 is 9.64 Å². The van der Waals surface area contributed by atoms with Crippen molar-refractivity contribution in [1.29, 1.82) is 0 Å². The molecule has 0 aromatic heterocycles. The first-order chi connectivity index (χ1) is 7.36. The van der Waals surface area contributed by atoms with Crippen molar-refractivity contribution >= 4 is 5.91 Å². The minimum absolute atomic E-state index is 0.109. The van der Waals surface area contributed by atoms with E-state index in [2.05, 4.69) is 6.08 Å². The minimum atomic E-state index is 0.109. The molecule has 84 valence electrons. The van der Waals surface area contributed by atoms with Gasteiger partial charge in [-0.25, -0.2) is 0 Å². The highest BCUT2D eigenvalue weighted by molar-refractivity contribution is 5.87. The molecule has 2 rings (SSSR count). The van der Waals surface area contributed by atoms with Crippen LogP contribution in [0.5, 0.6) is 0 Å². The second-order valence-electron chi connectivity index (χ2n) is 4.40. The summed E-state index contributed by atoms with van der Waals surface area (Å²) in [5.74, 6) is 0.740. The van der Waals surface area contributed by atoms with Crippen LogP contribution in [0.4, 0.5) is 0 Å². The fraction of sp³-hybridized carbons (Fsp3) is 0.750. The van der Waals surface area contributed by atoms with E-state index in [1.54, 1.807) is 11.0 Å². The third-order valence-electron chi connectivity index (χ3n) is 3.23. The Hall–Kier alpha value is -0.830. The highest BCUT2D eigenvalue weighted by Gasteiger charge is 2.16. The van der Waals surface area contributed by atoms with Crippen LogP contribution < -0.4 is 0 Å². The van der Waals surface area contributed by atoms with Gasteiger partial charge in [0.1, 0.15) is 6.73 Å². The van der Waals surface area contributed by atoms with E-state index in [1.807, 2.05) is 0 Å². The summed E-state index contributed by atoms with van der Waals surface area (Å²) in [5, 5.41) is 0. The monoisotopic (exact) mass is 209 g/mol. The maximum Gasteiger partial charge on any atom is 0.248 e. The lowest BCUT2D eigenvalue weighted by Crippen LogP contribution is -2.26. The first-order valence-corrected chi connectivity index (χ1v) is 5.91. The van der Waals surface area contributed by atoms with Crippen LogP contribution >= 0.6 is 0 Å². The molecule has 0 unspecified atom stereocenters. The van der Waals surface area contributed by atoms with Crippen LogP contribution in [0.2, 0.25) is 0 Å². The zero-order chi connectivity index (χ0) is 10.5. The molecule has 0 aromatic carbocycles. The second-order valence-corrected chi connectivity index (χ2v) is 4.40. The van der Waals surface area contributed by atoms with Crippen molar-refractivity contribution in [2.45, 2.75) is 32.1 Å². The van der Waals surface area contributed by atoms with Crippen LogP contribution in [0.25, 0.3) is 0 Å². The maximum atomic E-state index is 11.6. The topological polar surface area (TPSA) is 29.5 Å². The SMILES string of the molecule is O=C(C=CC1CCCCC1)N1CCOC1. The summed E-state index contributed by atoms with van der Waals surface area (Å²) < 4.78 is 5.14. The van der Waals surface area contributed by atoms with Gasteiger partial charge in [0.05, 0.1) is 6.61 Å². The standard InChI is InChI=1S/C12H19NO2/c14-12(13-8-9-15-10-13)7-6-11-4-2-1-3-5-11/h6-7,11H,1-5,8-10H2. The molecular weight excluding hydrogens is 190 g/mol.